The Balaban J connectivity index is 1.49. The zero-order valence-corrected chi connectivity index (χ0v) is 22.3. The molecule has 1 fully saturated rings. The number of methoxy groups -OCH3 is 1. The smallest absolute Gasteiger partial charge is 0.275 e. The van der Waals surface area contributed by atoms with E-state index in [-0.39, 0.29) is 24.2 Å². The number of anilines is 4. The lowest BCUT2D eigenvalue weighted by molar-refractivity contribution is -0.111. The third kappa shape index (κ3) is 5.92. The average Bonchev–Trinajstić information content (AvgIpc) is 2.97. The van der Waals surface area contributed by atoms with E-state index in [1.165, 1.54) is 23.0 Å². The number of piperazine rings is 1. The number of benzene rings is 2. The summed E-state index contributed by atoms with van der Waals surface area (Å²) in [5.41, 5.74) is 3.03. The number of hydrogen-bond donors (Lipinski definition) is 2. The van der Waals surface area contributed by atoms with Gasteiger partial charge in [0.25, 0.3) is 5.56 Å². The van der Waals surface area contributed by atoms with Gasteiger partial charge in [0, 0.05) is 50.7 Å². The van der Waals surface area contributed by atoms with Crippen molar-refractivity contribution in [3.63, 3.8) is 0 Å². The van der Waals surface area contributed by atoms with Gasteiger partial charge in [0.05, 0.1) is 23.8 Å². The van der Waals surface area contributed by atoms with E-state index in [9.17, 15) is 9.59 Å². The Morgan fingerprint density at radius 2 is 1.90 bits per heavy atom. The summed E-state index contributed by atoms with van der Waals surface area (Å²) in [6, 6.07) is 12.8. The number of fused-ring (bicyclic) bond motifs is 1. The van der Waals surface area contributed by atoms with Crippen LogP contribution in [0.3, 0.4) is 0 Å². The molecule has 2 aromatic carbocycles. The number of nitrogens with one attached hydrogen (secondary N) is 2. The largest absolute Gasteiger partial charge is 0.465 e. The number of rotatable bonds is 9. The van der Waals surface area contributed by atoms with Crippen molar-refractivity contribution < 1.29 is 14.3 Å². The number of aromatic nitrogens is 4. The van der Waals surface area contributed by atoms with Crippen molar-refractivity contribution in [2.24, 2.45) is 0 Å². The fourth-order valence-corrected chi connectivity index (χ4v) is 4.37. The molecule has 0 saturated carbocycles. The molecule has 206 valence electrons. The highest BCUT2D eigenvalue weighted by atomic mass is 16.7. The summed E-state index contributed by atoms with van der Waals surface area (Å²) in [5.74, 6) is 0.471. The Morgan fingerprint density at radius 3 is 2.67 bits per heavy atom. The quantitative estimate of drug-likeness (QED) is 0.241. The maximum absolute atomic E-state index is 12.9. The van der Waals surface area contributed by atoms with Crippen molar-refractivity contribution in [3.8, 4) is 11.4 Å². The minimum Gasteiger partial charge on any atom is -0.465 e. The van der Waals surface area contributed by atoms with E-state index in [0.29, 0.717) is 34.0 Å². The molecular formula is C28H30N8O4. The van der Waals surface area contributed by atoms with Gasteiger partial charge in [0.1, 0.15) is 11.3 Å². The first-order valence-electron chi connectivity index (χ1n) is 12.7. The van der Waals surface area contributed by atoms with Crippen LogP contribution in [-0.2, 0) is 9.53 Å². The summed E-state index contributed by atoms with van der Waals surface area (Å²) in [4.78, 5) is 42.6. The van der Waals surface area contributed by atoms with Crippen LogP contribution in [0.4, 0.5) is 23.0 Å². The van der Waals surface area contributed by atoms with Crippen molar-refractivity contribution in [2.45, 2.75) is 0 Å². The molecule has 1 aliphatic heterocycles. The first kappa shape index (κ1) is 26.8. The Bertz CT molecular complexity index is 1600. The topological polar surface area (TPSA) is 127 Å². The Kier molecular flexibility index (Phi) is 7.99. The number of ether oxygens (including phenoxy) is 2. The Hall–Kier alpha value is -4.81. The molecule has 2 aromatic heterocycles. The highest BCUT2D eigenvalue weighted by Crippen LogP contribution is 2.32. The van der Waals surface area contributed by atoms with Crippen LogP contribution < -0.4 is 25.8 Å². The lowest BCUT2D eigenvalue weighted by Gasteiger charge is -2.34. The van der Waals surface area contributed by atoms with Crippen molar-refractivity contribution in [1.82, 2.24) is 24.4 Å². The van der Waals surface area contributed by atoms with E-state index in [2.05, 4.69) is 49.0 Å². The van der Waals surface area contributed by atoms with Crippen LogP contribution in [0.25, 0.3) is 16.9 Å². The van der Waals surface area contributed by atoms with Gasteiger partial charge in [-0.15, -0.1) is 0 Å². The second kappa shape index (κ2) is 11.9. The van der Waals surface area contributed by atoms with E-state index in [0.717, 1.165) is 31.9 Å². The van der Waals surface area contributed by atoms with Gasteiger partial charge in [-0.05, 0) is 43.5 Å². The molecule has 0 atom stereocenters. The minimum atomic E-state index is -0.384. The predicted molar refractivity (Wildman–Crippen MR) is 154 cm³/mol. The van der Waals surface area contributed by atoms with Crippen LogP contribution in [0.1, 0.15) is 0 Å². The molecule has 1 aliphatic rings. The van der Waals surface area contributed by atoms with Gasteiger partial charge < -0.3 is 29.9 Å². The zero-order chi connectivity index (χ0) is 28.1. The van der Waals surface area contributed by atoms with E-state index < -0.39 is 0 Å². The number of nitrogens with zero attached hydrogens (tertiary/aromatic N) is 6. The molecule has 1 amide bonds. The molecule has 12 nitrogen and oxygen atoms in total. The fraction of sp³-hybridized carbons (Fsp3) is 0.250. The summed E-state index contributed by atoms with van der Waals surface area (Å²) < 4.78 is 12.4. The van der Waals surface area contributed by atoms with Crippen LogP contribution in [-0.4, -0.2) is 77.5 Å². The maximum atomic E-state index is 12.9. The van der Waals surface area contributed by atoms with Gasteiger partial charge in [-0.1, -0.05) is 12.6 Å². The van der Waals surface area contributed by atoms with Gasteiger partial charge in [-0.25, -0.2) is 9.97 Å². The predicted octanol–water partition coefficient (Wildman–Crippen LogP) is 2.78. The molecular weight excluding hydrogens is 512 g/mol. The molecule has 3 heterocycles. The van der Waals surface area contributed by atoms with Crippen LogP contribution >= 0.6 is 0 Å². The van der Waals surface area contributed by atoms with Gasteiger partial charge in [-0.3, -0.25) is 14.2 Å². The molecule has 5 rings (SSSR count). The van der Waals surface area contributed by atoms with Crippen LogP contribution in [0.15, 0.2) is 72.3 Å². The molecule has 12 heteroatoms. The number of carbonyl (C=O) groups excluding carboxylic acids is 1. The highest BCUT2D eigenvalue weighted by molar-refractivity contribution is 5.99. The molecule has 0 unspecified atom stereocenters. The standard InChI is InChI=1S/C28H30N8O4/c1-4-25(37)31-19-6-5-7-21(14-19)36-26(38)17-29-23-16-30-28(33-27(23)36)32-22-9-8-20(15-24(22)40-18-39-3)35-12-10-34(2)11-13-35/h4-9,14-17H,1,10-13,18H2,2-3H3,(H,31,37)(H,30,32,33). The molecule has 4 aromatic rings. The molecule has 0 aliphatic carbocycles. The first-order valence-corrected chi connectivity index (χ1v) is 12.7. The SMILES string of the molecule is C=CC(=O)Nc1cccc(-n2c(=O)cnc3cnc(Nc4ccc(N5CCN(C)CC5)cc4OCOC)nc32)c1. The van der Waals surface area contributed by atoms with Crippen LogP contribution in [0, 0.1) is 0 Å². The van der Waals surface area contributed by atoms with E-state index in [1.54, 1.807) is 31.4 Å². The summed E-state index contributed by atoms with van der Waals surface area (Å²) in [6.07, 6.45) is 3.92. The Morgan fingerprint density at radius 1 is 1.07 bits per heavy atom. The van der Waals surface area contributed by atoms with Crippen molar-refractivity contribution in [2.75, 3.05) is 62.7 Å². The number of hydrogen-bond acceptors (Lipinski definition) is 10. The molecule has 0 spiro atoms. The van der Waals surface area contributed by atoms with Crippen molar-refractivity contribution >= 4 is 40.1 Å². The average molecular weight is 543 g/mol. The van der Waals surface area contributed by atoms with Crippen LogP contribution in [0.2, 0.25) is 0 Å². The second-order valence-corrected chi connectivity index (χ2v) is 9.22. The second-order valence-electron chi connectivity index (χ2n) is 9.22. The molecule has 40 heavy (non-hydrogen) atoms. The van der Waals surface area contributed by atoms with Gasteiger partial charge >= 0.3 is 0 Å². The van der Waals surface area contributed by atoms with Gasteiger partial charge in [-0.2, -0.15) is 4.98 Å². The third-order valence-corrected chi connectivity index (χ3v) is 6.47. The van der Waals surface area contributed by atoms with Crippen molar-refractivity contribution in [3.05, 3.63) is 77.9 Å². The van der Waals surface area contributed by atoms with Crippen LogP contribution in [0.5, 0.6) is 5.75 Å². The normalized spacial score (nSPS) is 13.7. The molecule has 0 bridgehead atoms. The summed E-state index contributed by atoms with van der Waals surface area (Å²) in [7, 11) is 3.68. The number of carbonyl (C=O) groups is 1. The molecule has 0 radical (unpaired) electrons. The Labute approximate surface area is 230 Å². The monoisotopic (exact) mass is 542 g/mol. The number of amides is 1. The van der Waals surface area contributed by atoms with Gasteiger partial charge in [0.2, 0.25) is 11.9 Å². The van der Waals surface area contributed by atoms with Gasteiger partial charge in [0.15, 0.2) is 12.4 Å². The third-order valence-electron chi connectivity index (χ3n) is 6.47. The lowest BCUT2D eigenvalue weighted by Crippen LogP contribution is -2.44. The lowest BCUT2D eigenvalue weighted by atomic mass is 10.2. The van der Waals surface area contributed by atoms with Crippen molar-refractivity contribution in [1.29, 1.82) is 0 Å². The number of likely N-dealkylation sites (N-methyl/N-ethyl adjacent to an activating group) is 1. The van der Waals surface area contributed by atoms with E-state index in [1.807, 2.05) is 18.2 Å². The van der Waals surface area contributed by atoms with E-state index >= 15 is 0 Å². The summed E-state index contributed by atoms with van der Waals surface area (Å²) >= 11 is 0. The van der Waals surface area contributed by atoms with E-state index in [4.69, 9.17) is 9.47 Å². The summed E-state index contributed by atoms with van der Waals surface area (Å²) in [5, 5.41) is 5.92. The maximum Gasteiger partial charge on any atom is 0.275 e. The molecule has 1 saturated heterocycles. The zero-order valence-electron chi connectivity index (χ0n) is 22.3. The highest BCUT2D eigenvalue weighted by Gasteiger charge is 2.17. The summed E-state index contributed by atoms with van der Waals surface area (Å²) in [6.45, 7) is 7.35. The first-order chi connectivity index (χ1) is 19.4. The fourth-order valence-electron chi connectivity index (χ4n) is 4.37. The minimum absolute atomic E-state index is 0.0711. The molecule has 2 N–H and O–H groups in total.